The topological polar surface area (TPSA) is 3.24 Å². The summed E-state index contributed by atoms with van der Waals surface area (Å²) in [4.78, 5) is 2.49. The number of likely N-dealkylation sites (tertiary alicyclic amines) is 1. The fraction of sp³-hybridized carbons (Fsp3) is 0.636. The number of piperidine rings is 1. The Labute approximate surface area is 94.7 Å². The average molecular weight is 230 g/mol. The number of hydrogen-bond acceptors (Lipinski definition) is 2. The quantitative estimate of drug-likeness (QED) is 0.704. The maximum absolute atomic E-state index is 6.18. The van der Waals surface area contributed by atoms with Gasteiger partial charge in [-0.25, -0.2) is 0 Å². The van der Waals surface area contributed by atoms with Crippen LogP contribution in [0.25, 0.3) is 0 Å². The van der Waals surface area contributed by atoms with Crippen molar-refractivity contribution in [2.45, 2.75) is 37.7 Å². The SMILES string of the molecule is CC1CCC(Cl)CN1Cc1ccsc1. The maximum Gasteiger partial charge on any atom is 0.0464 e. The molecule has 1 fully saturated rings. The molecule has 1 aliphatic rings. The highest BCUT2D eigenvalue weighted by atomic mass is 35.5. The zero-order valence-electron chi connectivity index (χ0n) is 8.45. The van der Waals surface area contributed by atoms with E-state index in [9.17, 15) is 0 Å². The van der Waals surface area contributed by atoms with Gasteiger partial charge in [-0.2, -0.15) is 11.3 Å². The molecule has 1 aromatic rings. The molecule has 0 spiro atoms. The molecule has 2 heterocycles. The lowest BCUT2D eigenvalue weighted by Crippen LogP contribution is -2.41. The lowest BCUT2D eigenvalue weighted by Gasteiger charge is -2.35. The van der Waals surface area contributed by atoms with Crippen LogP contribution in [-0.2, 0) is 6.54 Å². The number of thiophene rings is 1. The molecule has 0 amide bonds. The fourth-order valence-electron chi connectivity index (χ4n) is 1.97. The average Bonchev–Trinajstić information content (AvgIpc) is 2.64. The first-order chi connectivity index (χ1) is 6.75. The van der Waals surface area contributed by atoms with Gasteiger partial charge in [0.05, 0.1) is 0 Å². The van der Waals surface area contributed by atoms with E-state index < -0.39 is 0 Å². The molecule has 2 atom stereocenters. The smallest absolute Gasteiger partial charge is 0.0464 e. The van der Waals surface area contributed by atoms with Crippen LogP contribution in [0.15, 0.2) is 16.8 Å². The van der Waals surface area contributed by atoms with E-state index in [0.717, 1.165) is 13.1 Å². The van der Waals surface area contributed by atoms with Gasteiger partial charge in [-0.3, -0.25) is 4.90 Å². The minimum atomic E-state index is 0.352. The van der Waals surface area contributed by atoms with Crippen molar-refractivity contribution in [1.82, 2.24) is 4.90 Å². The van der Waals surface area contributed by atoms with Crippen molar-refractivity contribution in [3.05, 3.63) is 22.4 Å². The van der Waals surface area contributed by atoms with Gasteiger partial charge >= 0.3 is 0 Å². The molecule has 0 saturated carbocycles. The zero-order valence-corrected chi connectivity index (χ0v) is 10.0. The Morgan fingerprint density at radius 2 is 2.43 bits per heavy atom. The van der Waals surface area contributed by atoms with E-state index in [2.05, 4.69) is 28.7 Å². The Morgan fingerprint density at radius 1 is 1.57 bits per heavy atom. The van der Waals surface area contributed by atoms with Gasteiger partial charge in [-0.1, -0.05) is 0 Å². The summed E-state index contributed by atoms with van der Waals surface area (Å²) in [5.41, 5.74) is 1.42. The lowest BCUT2D eigenvalue weighted by molar-refractivity contribution is 0.155. The Bertz CT molecular complexity index is 273. The summed E-state index contributed by atoms with van der Waals surface area (Å²) in [5.74, 6) is 0. The Morgan fingerprint density at radius 3 is 3.14 bits per heavy atom. The molecule has 0 radical (unpaired) electrons. The van der Waals surface area contributed by atoms with Gasteiger partial charge in [0.1, 0.15) is 0 Å². The van der Waals surface area contributed by atoms with E-state index in [1.165, 1.54) is 18.4 Å². The normalized spacial score (nSPS) is 29.3. The van der Waals surface area contributed by atoms with E-state index >= 15 is 0 Å². The van der Waals surface area contributed by atoms with Crippen molar-refractivity contribution in [1.29, 1.82) is 0 Å². The van der Waals surface area contributed by atoms with E-state index in [1.807, 2.05) is 0 Å². The molecule has 78 valence electrons. The molecule has 1 aromatic heterocycles. The first kappa shape index (κ1) is 10.5. The minimum absolute atomic E-state index is 0.352. The van der Waals surface area contributed by atoms with Crippen LogP contribution in [-0.4, -0.2) is 22.9 Å². The van der Waals surface area contributed by atoms with Gasteiger partial charge in [0.15, 0.2) is 0 Å². The largest absolute Gasteiger partial charge is 0.295 e. The van der Waals surface area contributed by atoms with Crippen LogP contribution in [0, 0.1) is 0 Å². The van der Waals surface area contributed by atoms with Crippen LogP contribution in [0.3, 0.4) is 0 Å². The van der Waals surface area contributed by atoms with Gasteiger partial charge in [0.2, 0.25) is 0 Å². The summed E-state index contributed by atoms with van der Waals surface area (Å²) in [7, 11) is 0. The van der Waals surface area contributed by atoms with Crippen LogP contribution in [0.1, 0.15) is 25.3 Å². The lowest BCUT2D eigenvalue weighted by atomic mass is 10.0. The Hall–Kier alpha value is -0.0500. The molecule has 0 aliphatic carbocycles. The second-order valence-electron chi connectivity index (χ2n) is 4.08. The standard InChI is InChI=1S/C11H16ClNS/c1-9-2-3-11(12)7-13(9)6-10-4-5-14-8-10/h4-5,8-9,11H,2-3,6-7H2,1H3. The van der Waals surface area contributed by atoms with Crippen molar-refractivity contribution in [2.24, 2.45) is 0 Å². The highest BCUT2D eigenvalue weighted by Crippen LogP contribution is 2.23. The molecule has 0 bridgehead atoms. The van der Waals surface area contributed by atoms with Crippen LogP contribution in [0.4, 0.5) is 0 Å². The highest BCUT2D eigenvalue weighted by Gasteiger charge is 2.23. The minimum Gasteiger partial charge on any atom is -0.295 e. The van der Waals surface area contributed by atoms with Crippen molar-refractivity contribution in [3.8, 4) is 0 Å². The molecule has 14 heavy (non-hydrogen) atoms. The molecule has 3 heteroatoms. The van der Waals surface area contributed by atoms with Gasteiger partial charge in [-0.15, -0.1) is 11.6 Å². The summed E-state index contributed by atoms with van der Waals surface area (Å²) in [6.07, 6.45) is 2.40. The summed E-state index contributed by atoms with van der Waals surface area (Å²) < 4.78 is 0. The molecule has 1 nitrogen and oxygen atoms in total. The molecule has 2 unspecified atom stereocenters. The number of nitrogens with zero attached hydrogens (tertiary/aromatic N) is 1. The van der Waals surface area contributed by atoms with Crippen molar-refractivity contribution >= 4 is 22.9 Å². The number of hydrogen-bond donors (Lipinski definition) is 0. The van der Waals surface area contributed by atoms with E-state index in [0.29, 0.717) is 11.4 Å². The Balaban J connectivity index is 1.95. The second kappa shape index (κ2) is 4.65. The summed E-state index contributed by atoms with van der Waals surface area (Å²) in [5, 5.41) is 4.72. The maximum atomic E-state index is 6.18. The zero-order chi connectivity index (χ0) is 9.97. The fourth-order valence-corrected chi connectivity index (χ4v) is 2.93. The number of alkyl halides is 1. The predicted molar refractivity (Wildman–Crippen MR) is 63.1 cm³/mol. The van der Waals surface area contributed by atoms with Gasteiger partial charge in [0.25, 0.3) is 0 Å². The third-order valence-electron chi connectivity index (χ3n) is 2.92. The molecular weight excluding hydrogens is 214 g/mol. The molecule has 2 rings (SSSR count). The van der Waals surface area contributed by atoms with Crippen LogP contribution >= 0.6 is 22.9 Å². The Kier molecular flexibility index (Phi) is 3.47. The van der Waals surface area contributed by atoms with Crippen molar-refractivity contribution in [2.75, 3.05) is 6.54 Å². The van der Waals surface area contributed by atoms with Gasteiger partial charge in [0, 0.05) is 24.5 Å². The van der Waals surface area contributed by atoms with Gasteiger partial charge < -0.3 is 0 Å². The monoisotopic (exact) mass is 229 g/mol. The predicted octanol–water partition coefficient (Wildman–Crippen LogP) is 3.34. The molecular formula is C11H16ClNS. The van der Waals surface area contributed by atoms with Crippen molar-refractivity contribution in [3.63, 3.8) is 0 Å². The third kappa shape index (κ3) is 2.50. The van der Waals surface area contributed by atoms with E-state index in [1.54, 1.807) is 11.3 Å². The molecule has 0 N–H and O–H groups in total. The summed E-state index contributed by atoms with van der Waals surface area (Å²) in [6, 6.07) is 2.89. The molecule has 1 saturated heterocycles. The number of rotatable bonds is 2. The van der Waals surface area contributed by atoms with E-state index in [-0.39, 0.29) is 0 Å². The molecule has 0 aromatic carbocycles. The first-order valence-electron chi connectivity index (χ1n) is 5.15. The van der Waals surface area contributed by atoms with Gasteiger partial charge in [-0.05, 0) is 42.2 Å². The third-order valence-corrected chi connectivity index (χ3v) is 4.01. The van der Waals surface area contributed by atoms with Crippen molar-refractivity contribution < 1.29 is 0 Å². The van der Waals surface area contributed by atoms with E-state index in [4.69, 9.17) is 11.6 Å². The van der Waals surface area contributed by atoms with Crippen LogP contribution in [0.5, 0.6) is 0 Å². The van der Waals surface area contributed by atoms with Crippen LogP contribution in [0.2, 0.25) is 0 Å². The summed E-state index contributed by atoms with van der Waals surface area (Å²) >= 11 is 7.95. The molecule has 1 aliphatic heterocycles. The van der Waals surface area contributed by atoms with Crippen LogP contribution < -0.4 is 0 Å². The second-order valence-corrected chi connectivity index (χ2v) is 5.48. The highest BCUT2D eigenvalue weighted by molar-refractivity contribution is 7.07. The number of halogens is 1. The first-order valence-corrected chi connectivity index (χ1v) is 6.53. The summed E-state index contributed by atoms with van der Waals surface area (Å²) in [6.45, 7) is 4.40.